The monoisotopic (exact) mass is 256 g/mol. The number of carbonyl (C=O) groups is 2. The van der Waals surface area contributed by atoms with Gasteiger partial charge >= 0.3 is 5.97 Å². The van der Waals surface area contributed by atoms with Crippen molar-refractivity contribution in [2.75, 3.05) is 13.1 Å². The number of carboxylic acids is 1. The highest BCUT2D eigenvalue weighted by molar-refractivity contribution is 5.86. The Morgan fingerprint density at radius 3 is 2.67 bits per heavy atom. The van der Waals surface area contributed by atoms with Crippen LogP contribution in [0.3, 0.4) is 0 Å². The average Bonchev–Trinajstić information content (AvgIpc) is 2.29. The van der Waals surface area contributed by atoms with Crippen molar-refractivity contribution in [1.29, 1.82) is 0 Å². The van der Waals surface area contributed by atoms with Gasteiger partial charge in [-0.1, -0.05) is 13.8 Å². The molecule has 0 aromatic rings. The fourth-order valence-corrected chi connectivity index (χ4v) is 2.45. The van der Waals surface area contributed by atoms with Crippen molar-refractivity contribution in [3.63, 3.8) is 0 Å². The Morgan fingerprint density at radius 2 is 2.17 bits per heavy atom. The Hall–Kier alpha value is -1.10. The van der Waals surface area contributed by atoms with Gasteiger partial charge in [-0.3, -0.25) is 14.5 Å². The topological polar surface area (TPSA) is 69.6 Å². The van der Waals surface area contributed by atoms with Gasteiger partial charge in [0.05, 0.1) is 6.42 Å². The maximum Gasteiger partial charge on any atom is 0.305 e. The first-order valence-electron chi connectivity index (χ1n) is 6.50. The van der Waals surface area contributed by atoms with E-state index in [2.05, 4.69) is 33.0 Å². The highest BCUT2D eigenvalue weighted by atomic mass is 16.4. The maximum atomic E-state index is 12.0. The molecule has 1 fully saturated rings. The third kappa shape index (κ3) is 3.70. The van der Waals surface area contributed by atoms with Crippen LogP contribution >= 0.6 is 0 Å². The molecule has 0 aliphatic carbocycles. The van der Waals surface area contributed by atoms with E-state index in [0.29, 0.717) is 12.5 Å². The van der Waals surface area contributed by atoms with Crippen molar-refractivity contribution < 1.29 is 14.7 Å². The van der Waals surface area contributed by atoms with Crippen molar-refractivity contribution >= 4 is 11.9 Å². The van der Waals surface area contributed by atoms with Crippen LogP contribution in [-0.4, -0.2) is 46.6 Å². The number of carboxylic acid groups (broad SMARTS) is 1. The first-order valence-corrected chi connectivity index (χ1v) is 6.50. The summed E-state index contributed by atoms with van der Waals surface area (Å²) in [6.45, 7) is 9.65. The quantitative estimate of drug-likeness (QED) is 0.790. The molecule has 5 nitrogen and oxygen atoms in total. The molecule has 18 heavy (non-hydrogen) atoms. The van der Waals surface area contributed by atoms with E-state index in [1.54, 1.807) is 0 Å². The molecule has 1 heterocycles. The third-order valence-electron chi connectivity index (χ3n) is 3.42. The highest BCUT2D eigenvalue weighted by Crippen LogP contribution is 2.26. The van der Waals surface area contributed by atoms with E-state index in [-0.39, 0.29) is 17.9 Å². The van der Waals surface area contributed by atoms with Gasteiger partial charge in [0.25, 0.3) is 0 Å². The summed E-state index contributed by atoms with van der Waals surface area (Å²) in [5, 5.41) is 11.8. The van der Waals surface area contributed by atoms with Gasteiger partial charge in [-0.05, 0) is 26.2 Å². The largest absolute Gasteiger partial charge is 0.481 e. The summed E-state index contributed by atoms with van der Waals surface area (Å²) in [5.74, 6) is -0.697. The number of rotatable bonds is 4. The second kappa shape index (κ2) is 5.69. The predicted molar refractivity (Wildman–Crippen MR) is 69.3 cm³/mol. The molecule has 2 N–H and O–H groups in total. The van der Waals surface area contributed by atoms with Gasteiger partial charge in [0, 0.05) is 18.6 Å². The molecule has 1 saturated heterocycles. The fourth-order valence-electron chi connectivity index (χ4n) is 2.45. The lowest BCUT2D eigenvalue weighted by Gasteiger charge is -2.41. The molecule has 1 atom stereocenters. The molecule has 0 aromatic carbocycles. The van der Waals surface area contributed by atoms with Crippen LogP contribution in [-0.2, 0) is 9.59 Å². The molecule has 1 aliphatic heterocycles. The molecule has 0 aromatic heterocycles. The Bertz CT molecular complexity index is 326. The van der Waals surface area contributed by atoms with E-state index in [9.17, 15) is 9.59 Å². The second-order valence-corrected chi connectivity index (χ2v) is 6.01. The molecule has 104 valence electrons. The summed E-state index contributed by atoms with van der Waals surface area (Å²) >= 11 is 0. The normalized spacial score (nSPS) is 24.7. The van der Waals surface area contributed by atoms with Gasteiger partial charge in [-0.25, -0.2) is 0 Å². The van der Waals surface area contributed by atoms with Gasteiger partial charge in [0.1, 0.15) is 6.04 Å². The standard InChI is InChI=1S/C13H24N2O3/c1-9(2)8-15-10(7-11(16)17)12(18)14-6-5-13(15,3)4/h9-10H,5-8H2,1-4H3,(H,14,18)(H,16,17). The first kappa shape index (κ1) is 15.0. The molecule has 1 aliphatic rings. The number of hydrogen-bond acceptors (Lipinski definition) is 3. The molecule has 1 unspecified atom stereocenters. The van der Waals surface area contributed by atoms with Crippen molar-refractivity contribution in [3.05, 3.63) is 0 Å². The molecular weight excluding hydrogens is 232 g/mol. The Kier molecular flexibility index (Phi) is 4.73. The molecule has 1 amide bonds. The molecular formula is C13H24N2O3. The Morgan fingerprint density at radius 1 is 1.56 bits per heavy atom. The zero-order chi connectivity index (χ0) is 13.9. The van der Waals surface area contributed by atoms with Crippen LogP contribution in [0.1, 0.15) is 40.5 Å². The first-order chi connectivity index (χ1) is 8.24. The lowest BCUT2D eigenvalue weighted by Crippen LogP contribution is -2.54. The van der Waals surface area contributed by atoms with Crippen LogP contribution in [0.2, 0.25) is 0 Å². The number of carbonyl (C=O) groups excluding carboxylic acids is 1. The Balaban J connectivity index is 3.01. The van der Waals surface area contributed by atoms with Crippen molar-refractivity contribution in [2.45, 2.75) is 52.1 Å². The number of hydrogen-bond donors (Lipinski definition) is 2. The Labute approximate surface area is 109 Å². The minimum atomic E-state index is -0.929. The summed E-state index contributed by atoms with van der Waals surface area (Å²) in [7, 11) is 0. The van der Waals surface area contributed by atoms with Crippen LogP contribution in [0.4, 0.5) is 0 Å². The summed E-state index contributed by atoms with van der Waals surface area (Å²) in [5.41, 5.74) is -0.163. The van der Waals surface area contributed by atoms with E-state index >= 15 is 0 Å². The van der Waals surface area contributed by atoms with Gasteiger partial charge in [0.2, 0.25) is 5.91 Å². The summed E-state index contributed by atoms with van der Waals surface area (Å²) < 4.78 is 0. The SMILES string of the molecule is CC(C)CN1C(CC(=O)O)C(=O)NCCC1(C)C. The zero-order valence-corrected chi connectivity index (χ0v) is 11.7. The molecule has 0 bridgehead atoms. The number of nitrogens with zero attached hydrogens (tertiary/aromatic N) is 1. The molecule has 5 heteroatoms. The predicted octanol–water partition coefficient (Wildman–Crippen LogP) is 1.09. The van der Waals surface area contributed by atoms with Crippen molar-refractivity contribution in [3.8, 4) is 0 Å². The van der Waals surface area contributed by atoms with Crippen molar-refractivity contribution in [2.24, 2.45) is 5.92 Å². The smallest absolute Gasteiger partial charge is 0.305 e. The minimum absolute atomic E-state index is 0.137. The summed E-state index contributed by atoms with van der Waals surface area (Å²) in [4.78, 5) is 25.0. The maximum absolute atomic E-state index is 12.0. The summed E-state index contributed by atoms with van der Waals surface area (Å²) in [6.07, 6.45) is 0.698. The number of amides is 1. The van der Waals surface area contributed by atoms with E-state index in [4.69, 9.17) is 5.11 Å². The van der Waals surface area contributed by atoms with Gasteiger partial charge < -0.3 is 10.4 Å². The van der Waals surface area contributed by atoms with Crippen LogP contribution in [0.5, 0.6) is 0 Å². The molecule has 0 radical (unpaired) electrons. The zero-order valence-electron chi connectivity index (χ0n) is 11.7. The summed E-state index contributed by atoms with van der Waals surface area (Å²) in [6, 6.07) is -0.567. The number of nitrogens with one attached hydrogen (secondary N) is 1. The van der Waals surface area contributed by atoms with Crippen LogP contribution < -0.4 is 5.32 Å². The minimum Gasteiger partial charge on any atom is -0.481 e. The lowest BCUT2D eigenvalue weighted by molar-refractivity contribution is -0.143. The van der Waals surface area contributed by atoms with E-state index in [1.807, 2.05) is 4.90 Å². The van der Waals surface area contributed by atoms with E-state index in [0.717, 1.165) is 13.0 Å². The van der Waals surface area contributed by atoms with Crippen LogP contribution in [0, 0.1) is 5.92 Å². The molecule has 0 spiro atoms. The fraction of sp³-hybridized carbons (Fsp3) is 0.846. The van der Waals surface area contributed by atoms with Gasteiger partial charge in [0.15, 0.2) is 0 Å². The second-order valence-electron chi connectivity index (χ2n) is 6.01. The molecule has 1 rings (SSSR count). The number of aliphatic carboxylic acids is 1. The third-order valence-corrected chi connectivity index (χ3v) is 3.42. The van der Waals surface area contributed by atoms with Crippen molar-refractivity contribution in [1.82, 2.24) is 10.2 Å². The van der Waals surface area contributed by atoms with E-state index in [1.165, 1.54) is 0 Å². The van der Waals surface area contributed by atoms with Gasteiger partial charge in [-0.2, -0.15) is 0 Å². The van der Waals surface area contributed by atoms with Crippen LogP contribution in [0.25, 0.3) is 0 Å². The average molecular weight is 256 g/mol. The van der Waals surface area contributed by atoms with Gasteiger partial charge in [-0.15, -0.1) is 0 Å². The van der Waals surface area contributed by atoms with E-state index < -0.39 is 12.0 Å². The molecule has 0 saturated carbocycles. The highest BCUT2D eigenvalue weighted by Gasteiger charge is 2.39. The van der Waals surface area contributed by atoms with Crippen LogP contribution in [0.15, 0.2) is 0 Å². The lowest BCUT2D eigenvalue weighted by atomic mass is 9.94.